The Morgan fingerprint density at radius 2 is 1.97 bits per heavy atom. The van der Waals surface area contributed by atoms with Crippen molar-refractivity contribution in [2.45, 2.75) is 20.0 Å². The molecule has 2 aliphatic rings. The number of ether oxygens (including phenoxy) is 4. The number of amides is 1. The summed E-state index contributed by atoms with van der Waals surface area (Å²) in [6.45, 7) is 3.70. The van der Waals surface area contributed by atoms with Gasteiger partial charge in [0, 0.05) is 18.7 Å². The van der Waals surface area contributed by atoms with E-state index in [1.807, 2.05) is 31.2 Å². The van der Waals surface area contributed by atoms with Crippen molar-refractivity contribution in [1.29, 1.82) is 0 Å². The molecule has 2 aromatic rings. The predicted molar refractivity (Wildman–Crippen MR) is 110 cm³/mol. The summed E-state index contributed by atoms with van der Waals surface area (Å²) < 4.78 is 21.9. The van der Waals surface area contributed by atoms with Crippen LogP contribution in [0.15, 0.2) is 36.4 Å². The zero-order chi connectivity index (χ0) is 21.1. The zero-order valence-electron chi connectivity index (χ0n) is 16.6. The summed E-state index contributed by atoms with van der Waals surface area (Å²) in [4.78, 5) is 26.6. The fourth-order valence-corrected chi connectivity index (χ4v) is 3.81. The van der Waals surface area contributed by atoms with E-state index in [9.17, 15) is 9.59 Å². The number of carbonyl (C=O) groups is 2. The molecule has 1 unspecified atom stereocenters. The van der Waals surface area contributed by atoms with Gasteiger partial charge >= 0.3 is 5.97 Å². The summed E-state index contributed by atoms with van der Waals surface area (Å²) in [7, 11) is 0. The van der Waals surface area contributed by atoms with E-state index in [0.29, 0.717) is 41.9 Å². The van der Waals surface area contributed by atoms with Crippen LogP contribution in [0.4, 0.5) is 5.69 Å². The fraction of sp³-hybridized carbons (Fsp3) is 0.364. The predicted octanol–water partition coefficient (Wildman–Crippen LogP) is 3.61. The van der Waals surface area contributed by atoms with Gasteiger partial charge in [0.05, 0.1) is 17.5 Å². The van der Waals surface area contributed by atoms with Crippen LogP contribution in [0.1, 0.15) is 18.9 Å². The Labute approximate surface area is 179 Å². The van der Waals surface area contributed by atoms with E-state index in [4.69, 9.17) is 30.5 Å². The van der Waals surface area contributed by atoms with Crippen molar-refractivity contribution >= 4 is 29.2 Å². The van der Waals surface area contributed by atoms with Crippen LogP contribution in [0, 0.1) is 5.92 Å². The lowest BCUT2D eigenvalue weighted by Gasteiger charge is -2.20. The van der Waals surface area contributed by atoms with Crippen molar-refractivity contribution in [2.24, 2.45) is 5.92 Å². The number of esters is 1. The van der Waals surface area contributed by atoms with E-state index in [1.54, 1.807) is 17.0 Å². The van der Waals surface area contributed by atoms with E-state index in [0.717, 1.165) is 11.4 Å². The van der Waals surface area contributed by atoms with Crippen molar-refractivity contribution in [2.75, 3.05) is 31.3 Å². The molecule has 158 valence electrons. The first-order chi connectivity index (χ1) is 14.5. The molecule has 0 saturated carbocycles. The molecule has 4 rings (SSSR count). The lowest BCUT2D eigenvalue weighted by atomic mass is 10.1. The first-order valence-corrected chi connectivity index (χ1v) is 10.2. The molecular formula is C22H22ClNO6. The Balaban J connectivity index is 1.36. The highest BCUT2D eigenvalue weighted by atomic mass is 35.5. The van der Waals surface area contributed by atoms with Crippen LogP contribution in [0.3, 0.4) is 0 Å². The van der Waals surface area contributed by atoms with Gasteiger partial charge in [-0.05, 0) is 48.9 Å². The SMILES string of the molecule is CCOc1ccc(N2CC(C(=O)OCc3cc(Cl)c4c(c3)OCCO4)CC2=O)cc1. The zero-order valence-corrected chi connectivity index (χ0v) is 17.3. The third-order valence-corrected chi connectivity index (χ3v) is 5.24. The number of benzene rings is 2. The largest absolute Gasteiger partial charge is 0.494 e. The lowest BCUT2D eigenvalue weighted by molar-refractivity contribution is -0.149. The van der Waals surface area contributed by atoms with Crippen LogP contribution in [0.25, 0.3) is 0 Å². The highest BCUT2D eigenvalue weighted by molar-refractivity contribution is 6.32. The van der Waals surface area contributed by atoms with Gasteiger partial charge in [0.1, 0.15) is 25.6 Å². The van der Waals surface area contributed by atoms with Gasteiger partial charge in [0.25, 0.3) is 0 Å². The first kappa shape index (κ1) is 20.3. The molecule has 0 radical (unpaired) electrons. The van der Waals surface area contributed by atoms with Crippen molar-refractivity contribution in [1.82, 2.24) is 0 Å². The normalized spacial score (nSPS) is 17.7. The molecule has 1 fully saturated rings. The molecule has 7 nitrogen and oxygen atoms in total. The topological polar surface area (TPSA) is 74.3 Å². The van der Waals surface area contributed by atoms with Crippen LogP contribution in [-0.2, 0) is 20.9 Å². The highest BCUT2D eigenvalue weighted by Crippen LogP contribution is 2.38. The Morgan fingerprint density at radius 1 is 1.20 bits per heavy atom. The van der Waals surface area contributed by atoms with Gasteiger partial charge in [0.2, 0.25) is 5.91 Å². The second-order valence-electron chi connectivity index (χ2n) is 7.04. The number of carbonyl (C=O) groups excluding carboxylic acids is 2. The number of halogens is 1. The third-order valence-electron chi connectivity index (χ3n) is 4.96. The summed E-state index contributed by atoms with van der Waals surface area (Å²) in [5.74, 6) is 0.743. The number of fused-ring (bicyclic) bond motifs is 1. The minimum Gasteiger partial charge on any atom is -0.494 e. The number of anilines is 1. The van der Waals surface area contributed by atoms with Crippen LogP contribution >= 0.6 is 11.6 Å². The summed E-state index contributed by atoms with van der Waals surface area (Å²) in [6.07, 6.45) is 0.119. The second-order valence-corrected chi connectivity index (χ2v) is 7.45. The van der Waals surface area contributed by atoms with Gasteiger partial charge in [-0.3, -0.25) is 9.59 Å². The quantitative estimate of drug-likeness (QED) is 0.650. The molecular weight excluding hydrogens is 410 g/mol. The minimum atomic E-state index is -0.517. The number of hydrogen-bond donors (Lipinski definition) is 0. The Hall–Kier alpha value is -2.93. The first-order valence-electron chi connectivity index (χ1n) is 9.83. The summed E-state index contributed by atoms with van der Waals surface area (Å²) >= 11 is 6.22. The van der Waals surface area contributed by atoms with E-state index in [2.05, 4.69) is 0 Å². The molecule has 0 bridgehead atoms. The monoisotopic (exact) mass is 431 g/mol. The number of nitrogens with zero attached hydrogens (tertiary/aromatic N) is 1. The van der Waals surface area contributed by atoms with Crippen molar-refractivity contribution in [3.63, 3.8) is 0 Å². The molecule has 0 aliphatic carbocycles. The lowest BCUT2D eigenvalue weighted by Crippen LogP contribution is -2.26. The van der Waals surface area contributed by atoms with Gasteiger partial charge in [0.15, 0.2) is 11.5 Å². The molecule has 0 spiro atoms. The number of hydrogen-bond acceptors (Lipinski definition) is 6. The van der Waals surface area contributed by atoms with Gasteiger partial charge < -0.3 is 23.8 Å². The Bertz CT molecular complexity index is 945. The van der Waals surface area contributed by atoms with Crippen LogP contribution in [0.2, 0.25) is 5.02 Å². The molecule has 1 saturated heterocycles. The average Bonchev–Trinajstić information content (AvgIpc) is 3.14. The molecule has 8 heteroatoms. The molecule has 2 aromatic carbocycles. The van der Waals surface area contributed by atoms with Gasteiger partial charge in [-0.25, -0.2) is 0 Å². The average molecular weight is 432 g/mol. The van der Waals surface area contributed by atoms with Gasteiger partial charge in [-0.2, -0.15) is 0 Å². The smallest absolute Gasteiger partial charge is 0.311 e. The van der Waals surface area contributed by atoms with Crippen molar-refractivity contribution in [3.05, 3.63) is 47.0 Å². The molecule has 0 aromatic heterocycles. The molecule has 30 heavy (non-hydrogen) atoms. The molecule has 0 N–H and O–H groups in total. The van der Waals surface area contributed by atoms with Crippen molar-refractivity contribution < 1.29 is 28.5 Å². The second kappa shape index (κ2) is 8.83. The minimum absolute atomic E-state index is 0.0446. The van der Waals surface area contributed by atoms with Crippen LogP contribution < -0.4 is 19.1 Å². The maximum Gasteiger partial charge on any atom is 0.311 e. The van der Waals surface area contributed by atoms with E-state index >= 15 is 0 Å². The van der Waals surface area contributed by atoms with Crippen molar-refractivity contribution in [3.8, 4) is 17.2 Å². The summed E-state index contributed by atoms with van der Waals surface area (Å²) in [6, 6.07) is 10.7. The van der Waals surface area contributed by atoms with Crippen LogP contribution in [0.5, 0.6) is 17.2 Å². The summed E-state index contributed by atoms with van der Waals surface area (Å²) in [5.41, 5.74) is 1.43. The van der Waals surface area contributed by atoms with E-state index < -0.39 is 11.9 Å². The number of rotatable bonds is 6. The van der Waals surface area contributed by atoms with E-state index in [1.165, 1.54) is 0 Å². The van der Waals surface area contributed by atoms with Gasteiger partial charge in [-0.1, -0.05) is 11.6 Å². The molecule has 2 heterocycles. The van der Waals surface area contributed by atoms with Gasteiger partial charge in [-0.15, -0.1) is 0 Å². The highest BCUT2D eigenvalue weighted by Gasteiger charge is 2.36. The summed E-state index contributed by atoms with van der Waals surface area (Å²) in [5, 5.41) is 0.413. The maximum absolute atomic E-state index is 12.5. The molecule has 2 aliphatic heterocycles. The maximum atomic E-state index is 12.5. The Morgan fingerprint density at radius 3 is 2.73 bits per heavy atom. The fourth-order valence-electron chi connectivity index (χ4n) is 3.52. The van der Waals surface area contributed by atoms with Crippen LogP contribution in [-0.4, -0.2) is 38.2 Å². The molecule has 1 amide bonds. The standard InChI is InChI=1S/C22H22ClNO6/c1-2-27-17-5-3-16(4-6-17)24-12-15(11-20(24)25)22(26)30-13-14-9-18(23)21-19(10-14)28-7-8-29-21/h3-6,9-10,15H,2,7-8,11-13H2,1H3. The molecule has 1 atom stereocenters. The van der Waals surface area contributed by atoms with E-state index in [-0.39, 0.29) is 25.5 Å². The third kappa shape index (κ3) is 4.31. The Kier molecular flexibility index (Phi) is 5.99.